The van der Waals surface area contributed by atoms with Gasteiger partial charge in [-0.25, -0.2) is 23.9 Å². The molecular weight excluding hydrogens is 607 g/mol. The summed E-state index contributed by atoms with van der Waals surface area (Å²) in [6, 6.07) is 7.67. The van der Waals surface area contributed by atoms with Crippen LogP contribution in [0.3, 0.4) is 0 Å². The third-order valence-electron chi connectivity index (χ3n) is 7.23. The minimum atomic E-state index is -4.69. The van der Waals surface area contributed by atoms with Crippen molar-refractivity contribution in [2.24, 2.45) is 5.73 Å². The predicted octanol–water partition coefficient (Wildman–Crippen LogP) is 2.68. The molecule has 3 aromatic rings. The Kier molecular flexibility index (Phi) is 10.0. The fourth-order valence-electron chi connectivity index (χ4n) is 4.80. The highest BCUT2D eigenvalue weighted by Crippen LogP contribution is 2.31. The summed E-state index contributed by atoms with van der Waals surface area (Å²) in [5, 5.41) is 15.0. The number of halogens is 1. The van der Waals surface area contributed by atoms with Gasteiger partial charge in [0.2, 0.25) is 5.95 Å². The molecule has 1 saturated heterocycles. The van der Waals surface area contributed by atoms with E-state index in [1.165, 1.54) is 18.2 Å². The number of hydrogen-bond donors (Lipinski definition) is 4. The first-order valence-corrected chi connectivity index (χ1v) is 15.5. The molecule has 0 saturated carbocycles. The molecule has 240 valence electrons. The Morgan fingerprint density at radius 1 is 1.09 bits per heavy atom. The number of carboxylic acids is 1. The first kappa shape index (κ1) is 33.3. The van der Waals surface area contributed by atoms with Crippen LogP contribution in [0.4, 0.5) is 16.0 Å². The molecule has 1 amide bonds. The lowest BCUT2D eigenvalue weighted by atomic mass is 9.86. The van der Waals surface area contributed by atoms with Crippen molar-refractivity contribution in [2.75, 3.05) is 29.9 Å². The molecule has 0 radical (unpaired) electrons. The lowest BCUT2D eigenvalue weighted by molar-refractivity contribution is -0.135. The largest absolute Gasteiger partial charge is 0.478 e. The molecule has 1 atom stereocenters. The van der Waals surface area contributed by atoms with Gasteiger partial charge >= 0.3 is 22.1 Å². The predicted molar refractivity (Wildman–Crippen MR) is 163 cm³/mol. The number of benzene rings is 2. The molecular formula is C30H35FN6O7S. The quantitative estimate of drug-likeness (QED) is 0.237. The highest BCUT2D eigenvalue weighted by Gasteiger charge is 2.32. The Morgan fingerprint density at radius 2 is 1.73 bits per heavy atom. The summed E-state index contributed by atoms with van der Waals surface area (Å²) in [6.07, 6.45) is 4.76. The number of anilines is 2. The second-order valence-corrected chi connectivity index (χ2v) is 13.1. The minimum Gasteiger partial charge on any atom is -0.478 e. The number of rotatable bonds is 10. The molecule has 0 spiro atoms. The molecule has 15 heteroatoms. The molecule has 0 aliphatic carbocycles. The molecule has 4 rings (SSSR count). The van der Waals surface area contributed by atoms with Crippen LogP contribution < -0.4 is 21.3 Å². The van der Waals surface area contributed by atoms with Gasteiger partial charge in [0.1, 0.15) is 16.8 Å². The maximum Gasteiger partial charge on any atom is 0.342 e. The lowest BCUT2D eigenvalue weighted by Crippen LogP contribution is -2.44. The van der Waals surface area contributed by atoms with Gasteiger partial charge < -0.3 is 30.6 Å². The van der Waals surface area contributed by atoms with Crippen molar-refractivity contribution in [3.8, 4) is 0 Å². The van der Waals surface area contributed by atoms with Crippen LogP contribution in [0.15, 0.2) is 59.8 Å². The van der Waals surface area contributed by atoms with Crippen LogP contribution in [0, 0.1) is 5.82 Å². The summed E-state index contributed by atoms with van der Waals surface area (Å²) in [4.78, 5) is 46.5. The number of carbonyl (C=O) groups excluding carboxylic acids is 2. The van der Waals surface area contributed by atoms with E-state index in [1.54, 1.807) is 39.2 Å². The number of carboxylic acid groups (broad SMARTS) is 1. The van der Waals surface area contributed by atoms with Crippen LogP contribution in [0.25, 0.3) is 0 Å². The van der Waals surface area contributed by atoms with Gasteiger partial charge in [0.15, 0.2) is 0 Å². The fourth-order valence-corrected chi connectivity index (χ4v) is 6.09. The van der Waals surface area contributed by atoms with Crippen molar-refractivity contribution < 1.29 is 36.5 Å². The van der Waals surface area contributed by atoms with Crippen molar-refractivity contribution in [1.82, 2.24) is 15.3 Å². The Labute approximate surface area is 260 Å². The zero-order valence-electron chi connectivity index (χ0n) is 25.0. The third-order valence-corrected chi connectivity index (χ3v) is 8.50. The van der Waals surface area contributed by atoms with Crippen LogP contribution in [0.1, 0.15) is 59.9 Å². The maximum absolute atomic E-state index is 15.0. The van der Waals surface area contributed by atoms with Gasteiger partial charge in [0, 0.05) is 43.6 Å². The summed E-state index contributed by atoms with van der Waals surface area (Å²) in [7, 11) is -4.69. The molecule has 2 aromatic carbocycles. The number of nitrogens with two attached hydrogens (primary N) is 1. The molecule has 2 heterocycles. The van der Waals surface area contributed by atoms with E-state index in [0.717, 1.165) is 31.0 Å². The summed E-state index contributed by atoms with van der Waals surface area (Å²) in [5.74, 6) is -3.37. The molecule has 0 bridgehead atoms. The average Bonchev–Trinajstić information content (AvgIpc) is 2.99. The molecule has 1 aliphatic rings. The normalized spacial score (nSPS) is 14.8. The number of hydrogen-bond acceptors (Lipinski definition) is 11. The summed E-state index contributed by atoms with van der Waals surface area (Å²) in [5.41, 5.74) is 5.31. The van der Waals surface area contributed by atoms with Gasteiger partial charge in [-0.05, 0) is 66.3 Å². The van der Waals surface area contributed by atoms with Gasteiger partial charge in [-0.3, -0.25) is 4.79 Å². The van der Waals surface area contributed by atoms with Crippen molar-refractivity contribution in [3.05, 3.63) is 77.4 Å². The van der Waals surface area contributed by atoms with E-state index >= 15 is 4.39 Å². The second kappa shape index (κ2) is 13.6. The molecule has 1 fully saturated rings. The summed E-state index contributed by atoms with van der Waals surface area (Å²) < 4.78 is 45.7. The Hall–Kier alpha value is -4.63. The SMILES string of the molecule is CC(C)(C)c1cc(C(=O)O)ccc1S(=O)(=O)OC(=O)[C@@H](N)CNC(=O)c1ccc(N2CCC(Nc3ncccn3)CC2)c(F)c1. The number of aromatic carboxylic acids is 1. The molecule has 13 nitrogen and oxygen atoms in total. The van der Waals surface area contributed by atoms with Gasteiger partial charge in [0.25, 0.3) is 5.91 Å². The van der Waals surface area contributed by atoms with Crippen molar-refractivity contribution in [3.63, 3.8) is 0 Å². The number of nitrogens with one attached hydrogen (secondary N) is 2. The van der Waals surface area contributed by atoms with E-state index in [2.05, 4.69) is 20.6 Å². The van der Waals surface area contributed by atoms with E-state index in [-0.39, 0.29) is 27.6 Å². The minimum absolute atomic E-state index is 0.0180. The van der Waals surface area contributed by atoms with E-state index in [9.17, 15) is 27.9 Å². The van der Waals surface area contributed by atoms with Crippen molar-refractivity contribution in [2.45, 2.75) is 56.0 Å². The van der Waals surface area contributed by atoms with Gasteiger partial charge in [-0.15, -0.1) is 0 Å². The van der Waals surface area contributed by atoms with E-state index in [4.69, 9.17) is 9.92 Å². The second-order valence-electron chi connectivity index (χ2n) is 11.6. The standard InChI is InChI=1S/C30H35FN6O7S/c1-30(2,3)21-15-19(27(39)40)6-8-25(21)45(42,43)44-28(41)23(32)17-35-26(38)18-5-7-24(22(31)16-18)37-13-9-20(10-14-37)36-29-33-11-4-12-34-29/h4-8,11-12,15-16,20,23H,9-10,13-14,17,32H2,1-3H3,(H,35,38)(H,39,40)(H,33,34,36)/t23-/m0/s1. The molecule has 1 aliphatic heterocycles. The zero-order valence-corrected chi connectivity index (χ0v) is 25.8. The lowest BCUT2D eigenvalue weighted by Gasteiger charge is -2.34. The van der Waals surface area contributed by atoms with E-state index < -0.39 is 51.8 Å². The fraction of sp³-hybridized carbons (Fsp3) is 0.367. The first-order valence-electron chi connectivity index (χ1n) is 14.1. The maximum atomic E-state index is 15.0. The number of carbonyl (C=O) groups is 3. The van der Waals surface area contributed by atoms with Crippen molar-refractivity contribution in [1.29, 1.82) is 0 Å². The van der Waals surface area contributed by atoms with Gasteiger partial charge in [0.05, 0.1) is 11.3 Å². The number of aromatic nitrogens is 2. The Balaban J connectivity index is 1.33. The van der Waals surface area contributed by atoms with Crippen LogP contribution >= 0.6 is 0 Å². The zero-order chi connectivity index (χ0) is 32.9. The van der Waals surface area contributed by atoms with Crippen LogP contribution in [0.5, 0.6) is 0 Å². The highest BCUT2D eigenvalue weighted by atomic mass is 32.2. The Morgan fingerprint density at radius 3 is 2.33 bits per heavy atom. The first-order chi connectivity index (χ1) is 21.2. The highest BCUT2D eigenvalue weighted by molar-refractivity contribution is 7.87. The number of piperidine rings is 1. The average molecular weight is 643 g/mol. The van der Waals surface area contributed by atoms with Gasteiger partial charge in [-0.1, -0.05) is 20.8 Å². The summed E-state index contributed by atoms with van der Waals surface area (Å²) in [6.45, 7) is 5.68. The molecule has 0 unspecified atom stereocenters. The molecule has 45 heavy (non-hydrogen) atoms. The van der Waals surface area contributed by atoms with Crippen LogP contribution in [0.2, 0.25) is 0 Å². The van der Waals surface area contributed by atoms with Crippen molar-refractivity contribution >= 4 is 39.6 Å². The molecule has 5 N–H and O–H groups in total. The monoisotopic (exact) mass is 642 g/mol. The third kappa shape index (κ3) is 8.30. The molecule has 1 aromatic heterocycles. The topological polar surface area (TPSA) is 194 Å². The smallest absolute Gasteiger partial charge is 0.342 e. The van der Waals surface area contributed by atoms with Gasteiger partial charge in [-0.2, -0.15) is 8.42 Å². The van der Waals surface area contributed by atoms with Crippen LogP contribution in [-0.4, -0.2) is 73.1 Å². The Bertz CT molecular complexity index is 1670. The van der Waals surface area contributed by atoms with Crippen LogP contribution in [-0.2, 0) is 24.5 Å². The van der Waals surface area contributed by atoms with E-state index in [1.807, 2.05) is 4.90 Å². The van der Waals surface area contributed by atoms with E-state index in [0.29, 0.717) is 24.7 Å². The summed E-state index contributed by atoms with van der Waals surface area (Å²) >= 11 is 0. The number of nitrogens with zero attached hydrogens (tertiary/aromatic N) is 3. The number of amides is 1.